The van der Waals surface area contributed by atoms with Gasteiger partial charge in [-0.3, -0.25) is 9.36 Å². The molecule has 1 aromatic heterocycles. The van der Waals surface area contributed by atoms with Gasteiger partial charge in [0.2, 0.25) is 0 Å². The van der Waals surface area contributed by atoms with Crippen molar-refractivity contribution in [3.8, 4) is 0 Å². The third-order valence-corrected chi connectivity index (χ3v) is 6.48. The molecule has 3 rings (SSSR count). The number of carbonyl (C=O) groups excluding carboxylic acids is 1. The molecule has 0 saturated heterocycles. The Bertz CT molecular complexity index is 1190. The fourth-order valence-corrected chi connectivity index (χ4v) is 4.42. The van der Waals surface area contributed by atoms with Crippen molar-refractivity contribution in [2.45, 2.75) is 72.3 Å². The lowest BCUT2D eigenvalue weighted by Crippen LogP contribution is -2.40. The molecule has 3 aromatic rings. The Balaban J connectivity index is 2.04. The van der Waals surface area contributed by atoms with Gasteiger partial charge in [-0.25, -0.2) is 9.78 Å². The summed E-state index contributed by atoms with van der Waals surface area (Å²) in [5.41, 5.74) is 3.69. The van der Waals surface area contributed by atoms with Crippen molar-refractivity contribution < 1.29 is 4.79 Å². The molecule has 2 amide bonds. The minimum atomic E-state index is -0.373. The Morgan fingerprint density at radius 1 is 1.00 bits per heavy atom. The highest BCUT2D eigenvalue weighted by Gasteiger charge is 2.27. The van der Waals surface area contributed by atoms with Crippen molar-refractivity contribution in [1.29, 1.82) is 0 Å². The summed E-state index contributed by atoms with van der Waals surface area (Å²) < 4.78 is 1.57. The lowest BCUT2D eigenvalue weighted by molar-refractivity contribution is 0.187. The zero-order chi connectivity index (χ0) is 25.0. The number of nitrogens with one attached hydrogen (secondary N) is 1. The van der Waals surface area contributed by atoms with Crippen LogP contribution in [-0.4, -0.2) is 27.0 Å². The quantitative estimate of drug-likeness (QED) is 0.411. The molecule has 2 aromatic carbocycles. The SMILES string of the molecule is CCCCN(C(=O)Nc1c(C(C)C)cccc1C(C)C)C(C)c1nc2ccccc2c(=O)n1C. The Hall–Kier alpha value is -3.15. The van der Waals surface area contributed by atoms with Crippen molar-refractivity contribution >= 4 is 22.6 Å². The molecule has 34 heavy (non-hydrogen) atoms. The highest BCUT2D eigenvalue weighted by atomic mass is 16.2. The molecule has 1 atom stereocenters. The molecule has 6 nitrogen and oxygen atoms in total. The lowest BCUT2D eigenvalue weighted by Gasteiger charge is -2.31. The smallest absolute Gasteiger partial charge is 0.315 e. The zero-order valence-electron chi connectivity index (χ0n) is 21.6. The summed E-state index contributed by atoms with van der Waals surface area (Å²) in [5.74, 6) is 1.13. The number of carbonyl (C=O) groups is 1. The normalized spacial score (nSPS) is 12.4. The Labute approximate surface area is 203 Å². The predicted molar refractivity (Wildman–Crippen MR) is 141 cm³/mol. The van der Waals surface area contributed by atoms with E-state index in [1.54, 1.807) is 22.6 Å². The van der Waals surface area contributed by atoms with Gasteiger partial charge in [0.25, 0.3) is 5.56 Å². The van der Waals surface area contributed by atoms with E-state index in [4.69, 9.17) is 4.98 Å². The summed E-state index contributed by atoms with van der Waals surface area (Å²) in [5, 5.41) is 3.83. The van der Waals surface area contributed by atoms with E-state index in [9.17, 15) is 9.59 Å². The highest BCUT2D eigenvalue weighted by Crippen LogP contribution is 2.33. The van der Waals surface area contributed by atoms with E-state index in [-0.39, 0.29) is 29.5 Å². The molecule has 0 bridgehead atoms. The maximum Gasteiger partial charge on any atom is 0.322 e. The number of amides is 2. The van der Waals surface area contributed by atoms with E-state index in [1.165, 1.54) is 0 Å². The van der Waals surface area contributed by atoms with Gasteiger partial charge in [-0.2, -0.15) is 0 Å². The summed E-state index contributed by atoms with van der Waals surface area (Å²) in [6, 6.07) is 13.0. The molecule has 0 fully saturated rings. The number of urea groups is 1. The number of hydrogen-bond donors (Lipinski definition) is 1. The van der Waals surface area contributed by atoms with Crippen LogP contribution in [0.5, 0.6) is 0 Å². The molecule has 6 heteroatoms. The molecule has 0 aliphatic carbocycles. The first-order valence-electron chi connectivity index (χ1n) is 12.3. The van der Waals surface area contributed by atoms with Gasteiger partial charge in [-0.15, -0.1) is 0 Å². The van der Waals surface area contributed by atoms with E-state index in [2.05, 4.69) is 58.1 Å². The van der Waals surface area contributed by atoms with Crippen LogP contribution >= 0.6 is 0 Å². The van der Waals surface area contributed by atoms with Gasteiger partial charge < -0.3 is 10.2 Å². The number of nitrogens with zero attached hydrogens (tertiary/aromatic N) is 3. The number of fused-ring (bicyclic) bond motifs is 1. The van der Waals surface area contributed by atoms with Gasteiger partial charge in [-0.05, 0) is 48.4 Å². The number of unbranched alkanes of at least 4 members (excludes halogenated alkanes) is 1. The largest absolute Gasteiger partial charge is 0.322 e. The fraction of sp³-hybridized carbons (Fsp3) is 0.464. The van der Waals surface area contributed by atoms with E-state index >= 15 is 0 Å². The van der Waals surface area contributed by atoms with Crippen molar-refractivity contribution in [2.24, 2.45) is 7.05 Å². The van der Waals surface area contributed by atoms with Crippen LogP contribution in [0.2, 0.25) is 0 Å². The van der Waals surface area contributed by atoms with Gasteiger partial charge in [0.1, 0.15) is 5.82 Å². The molecule has 0 spiro atoms. The Kier molecular flexibility index (Phi) is 8.13. The van der Waals surface area contributed by atoms with Gasteiger partial charge in [0.15, 0.2) is 0 Å². The number of aromatic nitrogens is 2. The van der Waals surface area contributed by atoms with Crippen molar-refractivity contribution in [3.63, 3.8) is 0 Å². The van der Waals surface area contributed by atoms with Crippen molar-refractivity contribution in [2.75, 3.05) is 11.9 Å². The third kappa shape index (κ3) is 5.16. The van der Waals surface area contributed by atoms with Crippen LogP contribution in [0.3, 0.4) is 0 Å². The number of anilines is 1. The van der Waals surface area contributed by atoms with E-state index in [0.29, 0.717) is 23.3 Å². The van der Waals surface area contributed by atoms with Crippen LogP contribution in [-0.2, 0) is 7.05 Å². The number of hydrogen-bond acceptors (Lipinski definition) is 3. The lowest BCUT2D eigenvalue weighted by atomic mass is 9.92. The summed E-state index contributed by atoms with van der Waals surface area (Å²) >= 11 is 0. The van der Waals surface area contributed by atoms with Crippen LogP contribution < -0.4 is 10.9 Å². The maximum absolute atomic E-state index is 13.7. The second kappa shape index (κ2) is 10.9. The first-order chi connectivity index (χ1) is 16.2. The van der Waals surface area contributed by atoms with Crippen LogP contribution in [0.1, 0.15) is 89.2 Å². The van der Waals surface area contributed by atoms with Gasteiger partial charge in [-0.1, -0.05) is 71.4 Å². The van der Waals surface area contributed by atoms with Crippen molar-refractivity contribution in [1.82, 2.24) is 14.5 Å². The van der Waals surface area contributed by atoms with Crippen LogP contribution in [0, 0.1) is 0 Å². The third-order valence-electron chi connectivity index (χ3n) is 6.48. The van der Waals surface area contributed by atoms with Crippen LogP contribution in [0.4, 0.5) is 10.5 Å². The predicted octanol–water partition coefficient (Wildman–Crippen LogP) is 6.58. The summed E-state index contributed by atoms with van der Waals surface area (Å²) in [7, 11) is 1.73. The number of benzene rings is 2. The molecule has 1 unspecified atom stereocenters. The molecule has 0 saturated carbocycles. The number of rotatable bonds is 8. The zero-order valence-corrected chi connectivity index (χ0v) is 21.6. The average molecular weight is 463 g/mol. The Morgan fingerprint density at radius 3 is 2.21 bits per heavy atom. The van der Waals surface area contributed by atoms with E-state index < -0.39 is 0 Å². The molecular formula is C28H38N4O2. The van der Waals surface area contributed by atoms with E-state index in [1.807, 2.05) is 25.1 Å². The average Bonchev–Trinajstić information content (AvgIpc) is 2.81. The molecule has 1 N–H and O–H groups in total. The van der Waals surface area contributed by atoms with Crippen LogP contribution in [0.25, 0.3) is 10.9 Å². The van der Waals surface area contributed by atoms with Gasteiger partial charge in [0, 0.05) is 19.3 Å². The summed E-state index contributed by atoms with van der Waals surface area (Å²) in [6.45, 7) is 13.2. The van der Waals surface area contributed by atoms with Gasteiger partial charge in [0.05, 0.1) is 16.9 Å². The second-order valence-electron chi connectivity index (χ2n) is 9.63. The standard InChI is InChI=1S/C28H38N4O2/c1-8-9-17-32(20(6)26-29-24-16-11-10-13-23(24)27(33)31(26)7)28(34)30-25-21(18(2)3)14-12-15-22(25)19(4)5/h10-16,18-20H,8-9,17H2,1-7H3,(H,30,34). The summed E-state index contributed by atoms with van der Waals surface area (Å²) in [4.78, 5) is 33.3. The molecule has 0 aliphatic rings. The van der Waals surface area contributed by atoms with Crippen molar-refractivity contribution in [3.05, 3.63) is 69.8 Å². The van der Waals surface area contributed by atoms with E-state index in [0.717, 1.165) is 29.7 Å². The summed E-state index contributed by atoms with van der Waals surface area (Å²) in [6.07, 6.45) is 1.82. The first kappa shape index (κ1) is 25.5. The fourth-order valence-electron chi connectivity index (χ4n) is 4.42. The number of para-hydroxylation sites is 2. The minimum absolute atomic E-state index is 0.101. The molecule has 0 radical (unpaired) electrons. The molecule has 182 valence electrons. The molecular weight excluding hydrogens is 424 g/mol. The minimum Gasteiger partial charge on any atom is -0.315 e. The van der Waals surface area contributed by atoms with Crippen LogP contribution in [0.15, 0.2) is 47.3 Å². The molecule has 0 aliphatic heterocycles. The topological polar surface area (TPSA) is 67.2 Å². The Morgan fingerprint density at radius 2 is 1.62 bits per heavy atom. The monoisotopic (exact) mass is 462 g/mol. The van der Waals surface area contributed by atoms with Gasteiger partial charge >= 0.3 is 6.03 Å². The second-order valence-corrected chi connectivity index (χ2v) is 9.63. The first-order valence-corrected chi connectivity index (χ1v) is 12.3. The maximum atomic E-state index is 13.7. The molecule has 1 heterocycles. The highest BCUT2D eigenvalue weighted by molar-refractivity contribution is 5.91.